The summed E-state index contributed by atoms with van der Waals surface area (Å²) >= 11 is 0. The van der Waals surface area contributed by atoms with Crippen LogP contribution >= 0.6 is 0 Å². The van der Waals surface area contributed by atoms with Crippen molar-refractivity contribution < 1.29 is 95.3 Å². The Labute approximate surface area is 242 Å². The molecule has 0 amide bonds. The van der Waals surface area contributed by atoms with Gasteiger partial charge in [-0.05, 0) is 48.2 Å². The van der Waals surface area contributed by atoms with E-state index in [1.54, 1.807) is 0 Å². The van der Waals surface area contributed by atoms with Crippen molar-refractivity contribution in [2.75, 3.05) is 0 Å². The van der Waals surface area contributed by atoms with Crippen molar-refractivity contribution in [3.05, 3.63) is 47.5 Å². The molecule has 0 aliphatic heterocycles. The molecule has 1 aliphatic rings. The Morgan fingerprint density at radius 3 is 1.41 bits per heavy atom. The smallest absolute Gasteiger partial charge is 0.872 e. The fourth-order valence-corrected chi connectivity index (χ4v) is 4.40. The summed E-state index contributed by atoms with van der Waals surface area (Å²) in [5, 5.41) is 24.0. The topological polar surface area (TPSA) is 180 Å². The predicted octanol–water partition coefficient (Wildman–Crippen LogP) is -4.82. The molecule has 1 saturated carbocycles. The molecular weight excluding hydrogens is 506 g/mol. The summed E-state index contributed by atoms with van der Waals surface area (Å²) in [7, 11) is -8.94. The summed E-state index contributed by atoms with van der Waals surface area (Å²) in [4.78, 5) is 7.93. The van der Waals surface area contributed by atoms with Gasteiger partial charge in [-0.25, -0.2) is 0 Å². The molecule has 0 saturated heterocycles. The van der Waals surface area contributed by atoms with E-state index in [0.717, 1.165) is 49.2 Å². The Kier molecular flexibility index (Phi) is 11.9. The Bertz CT molecular complexity index is 1180. The Hall–Kier alpha value is -0.800. The van der Waals surface area contributed by atoms with Crippen LogP contribution in [0.4, 0.5) is 0 Å². The first-order valence-corrected chi connectivity index (χ1v) is 12.5. The van der Waals surface area contributed by atoms with Crippen LogP contribution in [0.3, 0.4) is 0 Å². The van der Waals surface area contributed by atoms with Gasteiger partial charge in [-0.1, -0.05) is 36.5 Å². The summed E-state index contributed by atoms with van der Waals surface area (Å²) in [6, 6.07) is 5.42. The summed E-state index contributed by atoms with van der Waals surface area (Å²) < 4.78 is 63.5. The van der Waals surface area contributed by atoms with Crippen LogP contribution in [0.1, 0.15) is 36.8 Å². The number of hydrogen-bond donors (Lipinski definition) is 2. The Balaban J connectivity index is 0.00000289. The van der Waals surface area contributed by atoms with Crippen LogP contribution in [-0.4, -0.2) is 50.5 Å². The third-order valence-electron chi connectivity index (χ3n) is 5.06. The van der Waals surface area contributed by atoms with Gasteiger partial charge in [0.25, 0.3) is 20.2 Å². The van der Waals surface area contributed by atoms with Crippen molar-refractivity contribution >= 4 is 32.7 Å². The van der Waals surface area contributed by atoms with Gasteiger partial charge in [-0.2, -0.15) is 16.8 Å². The summed E-state index contributed by atoms with van der Waals surface area (Å²) in [5.41, 5.74) is -0.00717. The molecule has 0 spiro atoms. The van der Waals surface area contributed by atoms with Gasteiger partial charge >= 0.3 is 59.1 Å². The molecule has 0 radical (unpaired) electrons. The van der Waals surface area contributed by atoms with E-state index in [-0.39, 0.29) is 82.3 Å². The maximum absolute atomic E-state index is 12.0. The number of benzene rings is 2. The van der Waals surface area contributed by atoms with Crippen LogP contribution in [0.2, 0.25) is 0 Å². The molecule has 1 fully saturated rings. The standard InChI is InChI=1S/C20H22N2O8S2.2Na/c23-19-7-5-15(31(25,26)27)9-13(19)11-21-17-3-1-2-4-18(17)22-12-14-10-16(32(28,29)30)6-8-20(14)24;;/h5-12,17-18,23-24H,1-4H2,(H,25,26,27)(H,28,29,30);;/q;2*+1/p-2. The fraction of sp³-hybridized carbons (Fsp3) is 0.300. The zero-order chi connectivity index (χ0) is 23.5. The van der Waals surface area contributed by atoms with E-state index in [1.807, 2.05) is 0 Å². The minimum atomic E-state index is -4.47. The number of rotatable bonds is 6. The van der Waals surface area contributed by atoms with Crippen LogP contribution in [0.5, 0.6) is 11.5 Å². The first-order chi connectivity index (χ1) is 14.9. The minimum Gasteiger partial charge on any atom is -0.872 e. The van der Waals surface area contributed by atoms with Crippen molar-refractivity contribution in [1.29, 1.82) is 0 Å². The van der Waals surface area contributed by atoms with Gasteiger partial charge in [0.1, 0.15) is 0 Å². The average Bonchev–Trinajstić information content (AvgIpc) is 2.71. The van der Waals surface area contributed by atoms with Gasteiger partial charge in [-0.15, -0.1) is 0 Å². The van der Waals surface area contributed by atoms with Crippen molar-refractivity contribution in [3.63, 3.8) is 0 Å². The van der Waals surface area contributed by atoms with E-state index in [0.29, 0.717) is 12.8 Å². The molecule has 2 atom stereocenters. The van der Waals surface area contributed by atoms with Gasteiger partial charge in [0.2, 0.25) is 0 Å². The predicted molar refractivity (Wildman–Crippen MR) is 113 cm³/mol. The molecule has 10 nitrogen and oxygen atoms in total. The third-order valence-corrected chi connectivity index (χ3v) is 6.76. The van der Waals surface area contributed by atoms with Crippen LogP contribution in [0.15, 0.2) is 56.2 Å². The van der Waals surface area contributed by atoms with E-state index in [2.05, 4.69) is 9.98 Å². The van der Waals surface area contributed by atoms with Crippen LogP contribution in [0.25, 0.3) is 0 Å². The van der Waals surface area contributed by atoms with Crippen LogP contribution in [-0.2, 0) is 20.2 Å². The quantitative estimate of drug-likeness (QED) is 0.214. The Morgan fingerprint density at radius 1 is 0.735 bits per heavy atom. The minimum absolute atomic E-state index is 0. The molecule has 2 N–H and O–H groups in total. The molecule has 2 aromatic rings. The molecule has 14 heteroatoms. The molecule has 34 heavy (non-hydrogen) atoms. The second-order valence-corrected chi connectivity index (χ2v) is 10.2. The maximum Gasteiger partial charge on any atom is 1.00 e. The number of aliphatic imine (C=N–C) groups is 2. The molecule has 0 aromatic heterocycles. The van der Waals surface area contributed by atoms with Gasteiger partial charge in [0, 0.05) is 12.4 Å². The third kappa shape index (κ3) is 8.40. The number of hydrogen-bond acceptors (Lipinski definition) is 8. The first kappa shape index (κ1) is 31.2. The van der Waals surface area contributed by atoms with Crippen LogP contribution < -0.4 is 69.3 Å². The van der Waals surface area contributed by atoms with Gasteiger partial charge in [0.15, 0.2) is 0 Å². The number of nitrogens with zero attached hydrogens (tertiary/aromatic N) is 2. The second-order valence-electron chi connectivity index (χ2n) is 7.32. The largest absolute Gasteiger partial charge is 1.00 e. The fourth-order valence-electron chi connectivity index (χ4n) is 3.37. The van der Waals surface area contributed by atoms with Gasteiger partial charge in [0.05, 0.1) is 21.9 Å². The normalized spacial score (nSPS) is 19.0. The molecule has 0 bridgehead atoms. The van der Waals surface area contributed by atoms with Crippen molar-refractivity contribution in [3.8, 4) is 11.5 Å². The zero-order valence-corrected chi connectivity index (χ0v) is 24.3. The second kappa shape index (κ2) is 12.9. The van der Waals surface area contributed by atoms with E-state index in [9.17, 15) is 27.0 Å². The average molecular weight is 527 g/mol. The molecule has 0 heterocycles. The zero-order valence-electron chi connectivity index (χ0n) is 18.7. The molecule has 2 aromatic carbocycles. The molecule has 3 rings (SSSR count). The van der Waals surface area contributed by atoms with Crippen molar-refractivity contribution in [2.24, 2.45) is 9.98 Å². The van der Waals surface area contributed by atoms with Gasteiger partial charge < -0.3 is 10.2 Å². The first-order valence-electron chi connectivity index (χ1n) is 9.58. The Morgan fingerprint density at radius 2 is 1.09 bits per heavy atom. The molecule has 2 unspecified atom stereocenters. The van der Waals surface area contributed by atoms with E-state index in [4.69, 9.17) is 9.11 Å². The van der Waals surface area contributed by atoms with Gasteiger partial charge in [-0.3, -0.25) is 19.1 Å². The SMILES string of the molecule is O=S(=O)(O)c1ccc([O-])c(C=NC2CCCCC2N=Cc2cc(S(=O)(=O)O)ccc2[O-])c1.[Na+].[Na+]. The van der Waals surface area contributed by atoms with Crippen molar-refractivity contribution in [1.82, 2.24) is 0 Å². The van der Waals surface area contributed by atoms with E-state index in [1.165, 1.54) is 12.4 Å². The summed E-state index contributed by atoms with van der Waals surface area (Å²) in [5.74, 6) is -0.926. The monoisotopic (exact) mass is 526 g/mol. The molecule has 1 aliphatic carbocycles. The molecule has 172 valence electrons. The van der Waals surface area contributed by atoms with Crippen molar-refractivity contribution in [2.45, 2.75) is 47.6 Å². The summed E-state index contributed by atoms with van der Waals surface area (Å²) in [6.07, 6.45) is 5.48. The molecular formula is C20H20N2Na2O8S2. The van der Waals surface area contributed by atoms with E-state index >= 15 is 0 Å². The summed E-state index contributed by atoms with van der Waals surface area (Å²) in [6.45, 7) is 0. The van der Waals surface area contributed by atoms with E-state index < -0.39 is 41.5 Å². The van der Waals surface area contributed by atoms with Crippen LogP contribution in [0, 0.1) is 0 Å². The maximum atomic E-state index is 12.0.